The van der Waals surface area contributed by atoms with Crippen LogP contribution in [0.25, 0.3) is 0 Å². The van der Waals surface area contributed by atoms with Crippen molar-refractivity contribution in [1.29, 1.82) is 0 Å². The lowest BCUT2D eigenvalue weighted by Crippen LogP contribution is -2.14. The molecule has 122 valence electrons. The Kier molecular flexibility index (Phi) is 5.12. The number of non-ortho nitro benzene ring substituents is 1. The van der Waals surface area contributed by atoms with Crippen LogP contribution in [0.15, 0.2) is 52.3 Å². The van der Waals surface area contributed by atoms with Crippen molar-refractivity contribution in [3.8, 4) is 5.75 Å². The molecular formula is C14H14N2O5S2. The van der Waals surface area contributed by atoms with E-state index in [0.717, 1.165) is 11.0 Å². The fraction of sp³-hybridized carbons (Fsp3) is 0.143. The van der Waals surface area contributed by atoms with Gasteiger partial charge in [-0.15, -0.1) is 11.8 Å². The normalized spacial score (nSPS) is 11.0. The highest BCUT2D eigenvalue weighted by Crippen LogP contribution is 2.30. The molecule has 0 atom stereocenters. The number of anilines is 1. The molecule has 0 amide bonds. The zero-order chi connectivity index (χ0) is 17.0. The van der Waals surface area contributed by atoms with E-state index >= 15 is 0 Å². The number of nitro groups is 1. The van der Waals surface area contributed by atoms with Crippen LogP contribution in [0, 0.1) is 10.1 Å². The Morgan fingerprint density at radius 1 is 1.17 bits per heavy atom. The predicted octanol–water partition coefficient (Wildman–Crippen LogP) is 3.13. The summed E-state index contributed by atoms with van der Waals surface area (Å²) in [4.78, 5) is 10.9. The number of nitro benzene ring substituents is 1. The van der Waals surface area contributed by atoms with Crippen LogP contribution in [-0.2, 0) is 10.0 Å². The van der Waals surface area contributed by atoms with Gasteiger partial charge in [-0.05, 0) is 36.6 Å². The molecule has 0 fully saturated rings. The van der Waals surface area contributed by atoms with Gasteiger partial charge in [0.1, 0.15) is 10.6 Å². The Balaban J connectivity index is 2.41. The molecule has 7 nitrogen and oxygen atoms in total. The molecule has 2 aromatic rings. The van der Waals surface area contributed by atoms with Crippen molar-refractivity contribution in [2.24, 2.45) is 0 Å². The molecule has 0 bridgehead atoms. The van der Waals surface area contributed by atoms with Gasteiger partial charge in [-0.1, -0.05) is 0 Å². The molecule has 0 unspecified atom stereocenters. The van der Waals surface area contributed by atoms with E-state index in [1.807, 2.05) is 6.26 Å². The fourth-order valence-electron chi connectivity index (χ4n) is 1.86. The molecule has 23 heavy (non-hydrogen) atoms. The van der Waals surface area contributed by atoms with Gasteiger partial charge in [-0.3, -0.25) is 14.8 Å². The quantitative estimate of drug-likeness (QED) is 0.486. The standard InChI is InChI=1S/C14H14N2O5S2/c1-21-13-8-5-11(16(17)18)9-14(13)23(19,20)15-10-3-6-12(22-2)7-4-10/h3-9,15H,1-2H3. The van der Waals surface area contributed by atoms with Gasteiger partial charge in [0.2, 0.25) is 0 Å². The minimum atomic E-state index is -4.02. The second kappa shape index (κ2) is 6.88. The number of nitrogens with zero attached hydrogens (tertiary/aromatic N) is 1. The van der Waals surface area contributed by atoms with Crippen molar-refractivity contribution in [1.82, 2.24) is 0 Å². The Labute approximate surface area is 137 Å². The molecule has 9 heteroatoms. The van der Waals surface area contributed by atoms with E-state index in [4.69, 9.17) is 4.74 Å². The van der Waals surface area contributed by atoms with Gasteiger partial charge >= 0.3 is 0 Å². The minimum Gasteiger partial charge on any atom is -0.495 e. The SMILES string of the molecule is COc1ccc([N+](=O)[O-])cc1S(=O)(=O)Nc1ccc(SC)cc1. The van der Waals surface area contributed by atoms with E-state index in [0.29, 0.717) is 5.69 Å². The monoisotopic (exact) mass is 354 g/mol. The Bertz CT molecular complexity index is 820. The topological polar surface area (TPSA) is 98.5 Å². The molecule has 0 aliphatic rings. The lowest BCUT2D eigenvalue weighted by Gasteiger charge is -2.11. The van der Waals surface area contributed by atoms with Crippen molar-refractivity contribution >= 4 is 33.2 Å². The molecule has 0 heterocycles. The number of hydrogen-bond donors (Lipinski definition) is 1. The minimum absolute atomic E-state index is 0.0313. The average molecular weight is 354 g/mol. The van der Waals surface area contributed by atoms with Crippen molar-refractivity contribution in [2.45, 2.75) is 9.79 Å². The third kappa shape index (κ3) is 3.93. The molecule has 0 aromatic heterocycles. The van der Waals surface area contributed by atoms with Gasteiger partial charge in [0.25, 0.3) is 15.7 Å². The van der Waals surface area contributed by atoms with Crippen LogP contribution in [0.1, 0.15) is 0 Å². The molecule has 1 N–H and O–H groups in total. The van der Waals surface area contributed by atoms with Crippen molar-refractivity contribution in [2.75, 3.05) is 18.1 Å². The van der Waals surface area contributed by atoms with Crippen LogP contribution < -0.4 is 9.46 Å². The van der Waals surface area contributed by atoms with Crippen LogP contribution in [0.5, 0.6) is 5.75 Å². The third-order valence-electron chi connectivity index (χ3n) is 2.99. The zero-order valence-electron chi connectivity index (χ0n) is 12.3. The second-order valence-electron chi connectivity index (χ2n) is 4.43. The van der Waals surface area contributed by atoms with Crippen molar-refractivity contribution in [3.05, 3.63) is 52.6 Å². The Hall–Kier alpha value is -2.26. The van der Waals surface area contributed by atoms with Gasteiger partial charge in [0, 0.05) is 22.7 Å². The van der Waals surface area contributed by atoms with E-state index in [-0.39, 0.29) is 16.3 Å². The third-order valence-corrected chi connectivity index (χ3v) is 5.14. The van der Waals surface area contributed by atoms with Crippen molar-refractivity contribution in [3.63, 3.8) is 0 Å². The van der Waals surface area contributed by atoms with E-state index < -0.39 is 14.9 Å². The molecule has 0 aliphatic heterocycles. The number of benzene rings is 2. The van der Waals surface area contributed by atoms with Crippen molar-refractivity contribution < 1.29 is 18.1 Å². The highest BCUT2D eigenvalue weighted by Gasteiger charge is 2.23. The summed E-state index contributed by atoms with van der Waals surface area (Å²) in [6, 6.07) is 10.2. The van der Waals surface area contributed by atoms with E-state index in [2.05, 4.69) is 4.72 Å². The van der Waals surface area contributed by atoms with E-state index in [9.17, 15) is 18.5 Å². The van der Waals surface area contributed by atoms with E-state index in [1.54, 1.807) is 24.3 Å². The summed E-state index contributed by atoms with van der Waals surface area (Å²) in [7, 11) is -2.72. The highest BCUT2D eigenvalue weighted by atomic mass is 32.2. The molecule has 2 aromatic carbocycles. The number of thioether (sulfide) groups is 1. The van der Waals surface area contributed by atoms with Crippen LogP contribution in [0.3, 0.4) is 0 Å². The summed E-state index contributed by atoms with van der Waals surface area (Å²) < 4.78 is 32.4. The maximum Gasteiger partial charge on any atom is 0.271 e. The van der Waals surface area contributed by atoms with Crippen LogP contribution in [-0.4, -0.2) is 26.7 Å². The highest BCUT2D eigenvalue weighted by molar-refractivity contribution is 7.98. The number of hydrogen-bond acceptors (Lipinski definition) is 6. The molecule has 0 radical (unpaired) electrons. The lowest BCUT2D eigenvalue weighted by molar-refractivity contribution is -0.385. The molecule has 2 rings (SSSR count). The molecule has 0 saturated carbocycles. The summed E-state index contributed by atoms with van der Waals surface area (Å²) in [5.74, 6) is 0.0313. The number of ether oxygens (including phenoxy) is 1. The Morgan fingerprint density at radius 3 is 2.35 bits per heavy atom. The lowest BCUT2D eigenvalue weighted by atomic mass is 10.3. The van der Waals surface area contributed by atoms with Crippen LogP contribution >= 0.6 is 11.8 Å². The summed E-state index contributed by atoms with van der Waals surface area (Å²) in [5, 5.41) is 10.9. The molecule has 0 aliphatic carbocycles. The number of methoxy groups -OCH3 is 1. The molecular weight excluding hydrogens is 340 g/mol. The predicted molar refractivity (Wildman–Crippen MR) is 88.7 cm³/mol. The average Bonchev–Trinajstić information content (AvgIpc) is 2.54. The van der Waals surface area contributed by atoms with Gasteiger partial charge in [0.05, 0.1) is 12.0 Å². The van der Waals surface area contributed by atoms with Gasteiger partial charge < -0.3 is 4.74 Å². The first-order valence-corrected chi connectivity index (χ1v) is 9.07. The summed E-state index contributed by atoms with van der Waals surface area (Å²) >= 11 is 1.53. The summed E-state index contributed by atoms with van der Waals surface area (Å²) in [5.41, 5.74) is 0.0280. The smallest absolute Gasteiger partial charge is 0.271 e. The number of sulfonamides is 1. The fourth-order valence-corrected chi connectivity index (χ4v) is 3.51. The van der Waals surface area contributed by atoms with Gasteiger partial charge in [0.15, 0.2) is 0 Å². The maximum absolute atomic E-state index is 12.5. The first-order chi connectivity index (χ1) is 10.9. The first kappa shape index (κ1) is 17.1. The zero-order valence-corrected chi connectivity index (χ0v) is 14.0. The van der Waals surface area contributed by atoms with Crippen LogP contribution in [0.2, 0.25) is 0 Å². The van der Waals surface area contributed by atoms with Gasteiger partial charge in [-0.25, -0.2) is 8.42 Å². The van der Waals surface area contributed by atoms with Gasteiger partial charge in [-0.2, -0.15) is 0 Å². The molecule has 0 spiro atoms. The van der Waals surface area contributed by atoms with Crippen LogP contribution in [0.4, 0.5) is 11.4 Å². The number of nitrogens with one attached hydrogen (secondary N) is 1. The second-order valence-corrected chi connectivity index (χ2v) is 6.96. The number of rotatable bonds is 6. The molecule has 0 saturated heterocycles. The Morgan fingerprint density at radius 2 is 1.83 bits per heavy atom. The summed E-state index contributed by atoms with van der Waals surface area (Å²) in [6.45, 7) is 0. The van der Waals surface area contributed by atoms with E-state index in [1.165, 1.54) is 31.0 Å². The summed E-state index contributed by atoms with van der Waals surface area (Å²) in [6.07, 6.45) is 1.91. The largest absolute Gasteiger partial charge is 0.495 e. The maximum atomic E-state index is 12.5. The first-order valence-electron chi connectivity index (χ1n) is 6.36.